The number of nitrogens with one attached hydrogen (secondary N) is 2. The van der Waals surface area contributed by atoms with Crippen molar-refractivity contribution in [3.63, 3.8) is 0 Å². The first-order valence-corrected chi connectivity index (χ1v) is 13.0. The van der Waals surface area contributed by atoms with Crippen LogP contribution in [-0.4, -0.2) is 35.6 Å². The Morgan fingerprint density at radius 1 is 1.08 bits per heavy atom. The second kappa shape index (κ2) is 12.5. The number of hydrogen-bond acceptors (Lipinski definition) is 4. The summed E-state index contributed by atoms with van der Waals surface area (Å²) in [6, 6.07) is 21.5. The van der Waals surface area contributed by atoms with Crippen molar-refractivity contribution in [1.29, 1.82) is 0 Å². The van der Waals surface area contributed by atoms with Crippen LogP contribution in [0.25, 0.3) is 10.9 Å². The maximum atomic E-state index is 13.4. The largest absolute Gasteiger partial charge is 0.497 e. The van der Waals surface area contributed by atoms with Crippen LogP contribution >= 0.6 is 15.9 Å². The molecule has 37 heavy (non-hydrogen) atoms. The summed E-state index contributed by atoms with van der Waals surface area (Å²) in [5.41, 5.74) is 3.37. The van der Waals surface area contributed by atoms with Gasteiger partial charge in [-0.1, -0.05) is 30.3 Å². The van der Waals surface area contributed by atoms with E-state index in [1.165, 1.54) is 12.1 Å². The van der Waals surface area contributed by atoms with Crippen LogP contribution in [0.5, 0.6) is 5.75 Å². The van der Waals surface area contributed by atoms with Crippen LogP contribution < -0.4 is 15.4 Å². The van der Waals surface area contributed by atoms with E-state index < -0.39 is 0 Å². The van der Waals surface area contributed by atoms with Gasteiger partial charge >= 0.3 is 6.03 Å². The number of halogens is 2. The third kappa shape index (κ3) is 7.20. The molecule has 0 spiro atoms. The van der Waals surface area contributed by atoms with E-state index in [4.69, 9.17) is 4.74 Å². The lowest BCUT2D eigenvalue weighted by atomic mass is 10.1. The molecule has 4 aromatic rings. The fraction of sp³-hybridized carbons (Fsp3) is 0.241. The number of ether oxygens (including phenoxy) is 1. The number of urea groups is 1. The molecule has 3 aromatic carbocycles. The monoisotopic (exact) mass is 564 g/mol. The lowest BCUT2D eigenvalue weighted by Crippen LogP contribution is -2.35. The van der Waals surface area contributed by atoms with Crippen LogP contribution in [0.15, 0.2) is 83.5 Å². The number of rotatable bonds is 10. The van der Waals surface area contributed by atoms with E-state index >= 15 is 0 Å². The number of nitrogens with zero attached hydrogens (tertiary/aromatic N) is 2. The van der Waals surface area contributed by atoms with Crippen LogP contribution in [-0.2, 0) is 6.54 Å². The van der Waals surface area contributed by atoms with Crippen LogP contribution in [0.1, 0.15) is 25.3 Å². The van der Waals surface area contributed by atoms with Crippen molar-refractivity contribution in [1.82, 2.24) is 9.88 Å². The number of pyridine rings is 1. The molecule has 1 atom stereocenters. The second-order valence-electron chi connectivity index (χ2n) is 8.90. The van der Waals surface area contributed by atoms with Crippen molar-refractivity contribution in [2.45, 2.75) is 32.4 Å². The maximum absolute atomic E-state index is 13.4. The van der Waals surface area contributed by atoms with Crippen molar-refractivity contribution in [2.24, 2.45) is 0 Å². The van der Waals surface area contributed by atoms with E-state index in [0.717, 1.165) is 45.2 Å². The Labute approximate surface area is 225 Å². The highest BCUT2D eigenvalue weighted by atomic mass is 79.9. The molecule has 1 unspecified atom stereocenters. The Morgan fingerprint density at radius 2 is 1.86 bits per heavy atom. The van der Waals surface area contributed by atoms with Gasteiger partial charge in [-0.15, -0.1) is 0 Å². The minimum absolute atomic E-state index is 0.135. The number of aromatic nitrogens is 1. The van der Waals surface area contributed by atoms with Crippen LogP contribution in [0.4, 0.5) is 20.6 Å². The number of amides is 2. The molecule has 2 N–H and O–H groups in total. The smallest absolute Gasteiger partial charge is 0.322 e. The second-order valence-corrected chi connectivity index (χ2v) is 9.75. The van der Waals surface area contributed by atoms with Crippen molar-refractivity contribution in [3.8, 4) is 5.75 Å². The predicted molar refractivity (Wildman–Crippen MR) is 151 cm³/mol. The molecule has 1 heterocycles. The van der Waals surface area contributed by atoms with Crippen molar-refractivity contribution < 1.29 is 13.9 Å². The average molecular weight is 565 g/mol. The maximum Gasteiger partial charge on any atom is 0.322 e. The topological polar surface area (TPSA) is 66.5 Å². The van der Waals surface area contributed by atoms with Gasteiger partial charge in [-0.25, -0.2) is 9.18 Å². The Kier molecular flexibility index (Phi) is 8.95. The van der Waals surface area contributed by atoms with E-state index in [1.54, 1.807) is 30.3 Å². The average Bonchev–Trinajstić information content (AvgIpc) is 2.90. The van der Waals surface area contributed by atoms with Crippen LogP contribution in [0, 0.1) is 5.82 Å². The van der Waals surface area contributed by atoms with Gasteiger partial charge in [0.25, 0.3) is 0 Å². The lowest BCUT2D eigenvalue weighted by molar-refractivity contribution is 0.207. The van der Waals surface area contributed by atoms with Gasteiger partial charge in [-0.2, -0.15) is 0 Å². The van der Waals surface area contributed by atoms with Gasteiger partial charge in [0.1, 0.15) is 11.6 Å². The molecule has 0 saturated carbocycles. The molecule has 0 aliphatic heterocycles. The highest BCUT2D eigenvalue weighted by Crippen LogP contribution is 2.28. The molecule has 192 valence electrons. The Morgan fingerprint density at radius 3 is 2.62 bits per heavy atom. The normalized spacial score (nSPS) is 11.7. The van der Waals surface area contributed by atoms with E-state index in [2.05, 4.69) is 38.5 Å². The Bertz CT molecular complexity index is 1350. The number of carbonyl (C=O) groups excluding carboxylic acids is 1. The van der Waals surface area contributed by atoms with Gasteiger partial charge in [-0.05, 0) is 77.7 Å². The minimum Gasteiger partial charge on any atom is -0.497 e. The first-order valence-electron chi connectivity index (χ1n) is 12.2. The molecule has 0 fully saturated rings. The fourth-order valence-corrected chi connectivity index (χ4v) is 4.52. The summed E-state index contributed by atoms with van der Waals surface area (Å²) >= 11 is 3.48. The molecule has 0 bridgehead atoms. The number of methoxy groups -OCH3 is 1. The summed E-state index contributed by atoms with van der Waals surface area (Å²) in [4.78, 5) is 19.5. The van der Waals surface area contributed by atoms with Crippen LogP contribution in [0.3, 0.4) is 0 Å². The minimum atomic E-state index is -0.299. The number of fused-ring (bicyclic) bond motifs is 1. The molecule has 0 aliphatic carbocycles. The van der Waals surface area contributed by atoms with Gasteiger partial charge in [-0.3, -0.25) is 4.98 Å². The van der Waals surface area contributed by atoms with Crippen molar-refractivity contribution >= 4 is 44.2 Å². The summed E-state index contributed by atoms with van der Waals surface area (Å²) in [7, 11) is 1.65. The SMILES string of the molecule is COc1cc(NC(C)CCCN(Cc2ccc(F)cc2)C(=O)Nc2ccccc2Br)c2ncccc2c1. The summed E-state index contributed by atoms with van der Waals surface area (Å²) < 4.78 is 19.7. The number of benzene rings is 3. The zero-order valence-corrected chi connectivity index (χ0v) is 22.5. The highest BCUT2D eigenvalue weighted by molar-refractivity contribution is 9.10. The molecule has 2 amide bonds. The van der Waals surface area contributed by atoms with E-state index in [9.17, 15) is 9.18 Å². The van der Waals surface area contributed by atoms with Crippen molar-refractivity contribution in [2.75, 3.05) is 24.3 Å². The quantitative estimate of drug-likeness (QED) is 0.210. The molecular weight excluding hydrogens is 535 g/mol. The predicted octanol–water partition coefficient (Wildman–Crippen LogP) is 7.46. The summed E-state index contributed by atoms with van der Waals surface area (Å²) in [6.45, 7) is 3.03. The number of para-hydroxylation sites is 1. The molecular formula is C29H30BrFN4O2. The molecule has 0 radical (unpaired) electrons. The van der Waals surface area contributed by atoms with E-state index in [1.807, 2.05) is 48.5 Å². The number of hydrogen-bond donors (Lipinski definition) is 2. The van der Waals surface area contributed by atoms with E-state index in [0.29, 0.717) is 18.8 Å². The highest BCUT2D eigenvalue weighted by Gasteiger charge is 2.16. The molecule has 4 rings (SSSR count). The summed E-state index contributed by atoms with van der Waals surface area (Å²) in [6.07, 6.45) is 3.38. The van der Waals surface area contributed by atoms with Gasteiger partial charge in [0.2, 0.25) is 0 Å². The Hall–Kier alpha value is -3.65. The zero-order chi connectivity index (χ0) is 26.2. The summed E-state index contributed by atoms with van der Waals surface area (Å²) in [5, 5.41) is 7.54. The van der Waals surface area contributed by atoms with Gasteiger partial charge in [0.15, 0.2) is 0 Å². The van der Waals surface area contributed by atoms with E-state index in [-0.39, 0.29) is 17.9 Å². The summed E-state index contributed by atoms with van der Waals surface area (Å²) in [5.74, 6) is 0.469. The molecule has 0 saturated heterocycles. The number of anilines is 2. The fourth-order valence-electron chi connectivity index (χ4n) is 4.14. The van der Waals surface area contributed by atoms with Crippen molar-refractivity contribution in [3.05, 3.63) is 94.8 Å². The van der Waals surface area contributed by atoms with Gasteiger partial charge < -0.3 is 20.3 Å². The third-order valence-corrected chi connectivity index (χ3v) is 6.76. The molecule has 6 nitrogen and oxygen atoms in total. The number of carbonyl (C=O) groups is 1. The first-order chi connectivity index (χ1) is 17.9. The van der Waals surface area contributed by atoms with Gasteiger partial charge in [0.05, 0.1) is 24.0 Å². The standard InChI is InChI=1S/C29H30BrFN4O2/c1-20(33-27-18-24(37-2)17-22-8-5-15-32-28(22)27)7-6-16-35(19-21-11-13-23(31)14-12-21)29(36)34-26-10-4-3-9-25(26)30/h3-5,8-15,17-18,20,33H,6-7,16,19H2,1-2H3,(H,34,36). The van der Waals surface area contributed by atoms with Crippen LogP contribution in [0.2, 0.25) is 0 Å². The Balaban J connectivity index is 1.42. The molecule has 8 heteroatoms. The lowest BCUT2D eigenvalue weighted by Gasteiger charge is -2.25. The van der Waals surface area contributed by atoms with Gasteiger partial charge in [0, 0.05) is 41.3 Å². The third-order valence-electron chi connectivity index (χ3n) is 6.07. The zero-order valence-electron chi connectivity index (χ0n) is 20.9. The molecule has 0 aliphatic rings. The molecule has 1 aromatic heterocycles. The first kappa shape index (κ1) is 26.4.